The van der Waals surface area contributed by atoms with E-state index in [2.05, 4.69) is 26.8 Å². The fourth-order valence-corrected chi connectivity index (χ4v) is 5.44. The summed E-state index contributed by atoms with van der Waals surface area (Å²) in [5, 5.41) is 0. The van der Waals surface area contributed by atoms with Gasteiger partial charge in [0.15, 0.2) is 11.5 Å². The minimum atomic E-state index is -0.441. The molecule has 0 spiro atoms. The molecule has 3 aliphatic rings. The summed E-state index contributed by atoms with van der Waals surface area (Å²) in [6.45, 7) is 8.31. The minimum absolute atomic E-state index is 0.0109. The number of methoxy groups -OCH3 is 2. The molecule has 3 aliphatic carbocycles. The fraction of sp³-hybridized carbons (Fsp3) is 0.700. The van der Waals surface area contributed by atoms with Gasteiger partial charge in [0.1, 0.15) is 0 Å². The molecule has 0 N–H and O–H groups in total. The van der Waals surface area contributed by atoms with Crippen LogP contribution in [-0.2, 0) is 19.1 Å². The summed E-state index contributed by atoms with van der Waals surface area (Å²) in [6, 6.07) is 0. The molecule has 3 rings (SSSR count). The van der Waals surface area contributed by atoms with Gasteiger partial charge in [0.25, 0.3) is 0 Å². The van der Waals surface area contributed by atoms with E-state index >= 15 is 0 Å². The van der Waals surface area contributed by atoms with E-state index in [4.69, 9.17) is 9.47 Å². The van der Waals surface area contributed by atoms with Gasteiger partial charge in [-0.2, -0.15) is 0 Å². The smallest absolute Gasteiger partial charge is 0.202 e. The number of hydrogen-bond donors (Lipinski definition) is 0. The summed E-state index contributed by atoms with van der Waals surface area (Å²) in [5.74, 6) is -0.644. The van der Waals surface area contributed by atoms with Crippen LogP contribution in [0, 0.1) is 22.7 Å². The van der Waals surface area contributed by atoms with Crippen LogP contribution in [-0.4, -0.2) is 31.9 Å². The molecule has 4 heteroatoms. The average molecular weight is 332 g/mol. The normalized spacial score (nSPS) is 38.4. The van der Waals surface area contributed by atoms with Gasteiger partial charge in [-0.3, -0.25) is 9.59 Å². The molecule has 0 radical (unpaired) electrons. The van der Waals surface area contributed by atoms with Gasteiger partial charge in [-0.25, -0.2) is 0 Å². The Morgan fingerprint density at radius 2 is 1.75 bits per heavy atom. The van der Waals surface area contributed by atoms with Crippen LogP contribution in [0.4, 0.5) is 0 Å². The first-order chi connectivity index (χ1) is 11.2. The minimum Gasteiger partial charge on any atom is -0.493 e. The van der Waals surface area contributed by atoms with E-state index < -0.39 is 11.8 Å². The molecule has 4 nitrogen and oxygen atoms in total. The number of fused-ring (bicyclic) bond motifs is 3. The van der Waals surface area contributed by atoms with Crippen molar-refractivity contribution >= 4 is 11.6 Å². The quantitative estimate of drug-likeness (QED) is 0.727. The first-order valence-electron chi connectivity index (χ1n) is 8.78. The third-order valence-electron chi connectivity index (χ3n) is 6.57. The number of carbonyl (C=O) groups excluding carboxylic acids is 2. The predicted molar refractivity (Wildman–Crippen MR) is 91.3 cm³/mol. The van der Waals surface area contributed by atoms with Crippen molar-refractivity contribution < 1.29 is 19.1 Å². The lowest BCUT2D eigenvalue weighted by Gasteiger charge is -2.55. The molecule has 0 aliphatic heterocycles. The van der Waals surface area contributed by atoms with E-state index in [0.29, 0.717) is 5.57 Å². The fourth-order valence-electron chi connectivity index (χ4n) is 5.44. The van der Waals surface area contributed by atoms with Gasteiger partial charge in [-0.1, -0.05) is 38.8 Å². The molecule has 132 valence electrons. The van der Waals surface area contributed by atoms with Gasteiger partial charge in [0, 0.05) is 24.0 Å². The lowest BCUT2D eigenvalue weighted by atomic mass is 9.48. The highest BCUT2D eigenvalue weighted by atomic mass is 16.5. The zero-order valence-electron chi connectivity index (χ0n) is 15.6. The summed E-state index contributed by atoms with van der Waals surface area (Å²) in [6.07, 6.45) is 4.87. The lowest BCUT2D eigenvalue weighted by Crippen LogP contribution is -2.56. The number of ketones is 2. The molecule has 24 heavy (non-hydrogen) atoms. The Morgan fingerprint density at radius 3 is 2.33 bits per heavy atom. The zero-order valence-corrected chi connectivity index (χ0v) is 15.6. The largest absolute Gasteiger partial charge is 0.493 e. The molecular weight excluding hydrogens is 304 g/mol. The van der Waals surface area contributed by atoms with E-state index in [9.17, 15) is 9.59 Å². The SMILES string of the molecule is COC1=C(C)C(=O)[C@H]2[C@@H](C1=O)[C@@]1(C)CCCC(C)(C)C1=C[C@H]2OC. The van der Waals surface area contributed by atoms with Gasteiger partial charge < -0.3 is 9.47 Å². The summed E-state index contributed by atoms with van der Waals surface area (Å²) in [7, 11) is 3.10. The van der Waals surface area contributed by atoms with Crippen molar-refractivity contribution in [2.24, 2.45) is 22.7 Å². The van der Waals surface area contributed by atoms with E-state index in [-0.39, 0.29) is 34.3 Å². The van der Waals surface area contributed by atoms with Crippen LogP contribution in [0.2, 0.25) is 0 Å². The first-order valence-corrected chi connectivity index (χ1v) is 8.78. The van der Waals surface area contributed by atoms with Crippen molar-refractivity contribution in [3.8, 4) is 0 Å². The number of carbonyl (C=O) groups is 2. The summed E-state index contributed by atoms with van der Waals surface area (Å²) >= 11 is 0. The molecular formula is C20H28O4. The Balaban J connectivity index is 2.23. The summed E-state index contributed by atoms with van der Waals surface area (Å²) < 4.78 is 11.0. The number of allylic oxidation sites excluding steroid dienone is 3. The Labute approximate surface area is 144 Å². The lowest BCUT2D eigenvalue weighted by molar-refractivity contribution is -0.144. The van der Waals surface area contributed by atoms with Crippen molar-refractivity contribution in [3.63, 3.8) is 0 Å². The molecule has 0 saturated heterocycles. The molecule has 4 atom stereocenters. The van der Waals surface area contributed by atoms with Gasteiger partial charge in [0.05, 0.1) is 19.1 Å². The van der Waals surface area contributed by atoms with Crippen LogP contribution >= 0.6 is 0 Å². The number of ether oxygens (including phenoxy) is 2. The number of Topliss-reactive ketones (excluding diaryl/α,β-unsaturated/α-hetero) is 2. The van der Waals surface area contributed by atoms with Crippen LogP contribution in [0.5, 0.6) is 0 Å². The van der Waals surface area contributed by atoms with Crippen molar-refractivity contribution in [3.05, 3.63) is 23.0 Å². The van der Waals surface area contributed by atoms with E-state index in [0.717, 1.165) is 19.3 Å². The van der Waals surface area contributed by atoms with Crippen LogP contribution in [0.3, 0.4) is 0 Å². The Bertz CT molecular complexity index is 655. The average Bonchev–Trinajstić information content (AvgIpc) is 2.51. The second kappa shape index (κ2) is 5.55. The van der Waals surface area contributed by atoms with Gasteiger partial charge in [-0.15, -0.1) is 0 Å². The van der Waals surface area contributed by atoms with Crippen LogP contribution in [0.15, 0.2) is 23.0 Å². The van der Waals surface area contributed by atoms with Crippen molar-refractivity contribution in [1.82, 2.24) is 0 Å². The van der Waals surface area contributed by atoms with Crippen LogP contribution in [0.1, 0.15) is 47.0 Å². The number of hydrogen-bond acceptors (Lipinski definition) is 4. The topological polar surface area (TPSA) is 52.6 Å². The second-order valence-corrected chi connectivity index (χ2v) is 8.33. The monoisotopic (exact) mass is 332 g/mol. The number of rotatable bonds is 2. The van der Waals surface area contributed by atoms with Gasteiger partial charge in [0.2, 0.25) is 5.78 Å². The summed E-state index contributed by atoms with van der Waals surface area (Å²) in [4.78, 5) is 26.3. The van der Waals surface area contributed by atoms with Gasteiger partial charge in [-0.05, 0) is 25.2 Å². The van der Waals surface area contributed by atoms with Gasteiger partial charge >= 0.3 is 0 Å². The van der Waals surface area contributed by atoms with Crippen LogP contribution < -0.4 is 0 Å². The van der Waals surface area contributed by atoms with E-state index in [1.807, 2.05) is 0 Å². The Morgan fingerprint density at radius 1 is 1.08 bits per heavy atom. The maximum absolute atomic E-state index is 13.3. The predicted octanol–water partition coefficient (Wildman–Crippen LogP) is 3.46. The van der Waals surface area contributed by atoms with E-state index in [1.54, 1.807) is 14.0 Å². The second-order valence-electron chi connectivity index (χ2n) is 8.33. The Kier molecular flexibility index (Phi) is 4.03. The highest BCUT2D eigenvalue weighted by molar-refractivity contribution is 6.13. The molecule has 0 aromatic rings. The van der Waals surface area contributed by atoms with Crippen molar-refractivity contribution in [2.45, 2.75) is 53.1 Å². The highest BCUT2D eigenvalue weighted by Crippen LogP contribution is 2.60. The standard InChI is InChI=1S/C20H28O4/c1-11-16(21)14-12(23-5)10-13-19(2,3)8-7-9-20(13,4)15(14)17(22)18(11)24-6/h10,12,14-15H,7-9H2,1-6H3/t12-,14-,15+,20+/m1/s1. The highest BCUT2D eigenvalue weighted by Gasteiger charge is 2.60. The van der Waals surface area contributed by atoms with E-state index in [1.165, 1.54) is 12.7 Å². The molecule has 1 fully saturated rings. The Hall–Kier alpha value is -1.42. The molecule has 0 unspecified atom stereocenters. The maximum atomic E-state index is 13.3. The third kappa shape index (κ3) is 2.15. The molecule has 0 amide bonds. The molecule has 0 aromatic carbocycles. The molecule has 0 heterocycles. The zero-order chi connectivity index (χ0) is 17.9. The van der Waals surface area contributed by atoms with Crippen LogP contribution in [0.25, 0.3) is 0 Å². The molecule has 1 saturated carbocycles. The van der Waals surface area contributed by atoms with Crippen molar-refractivity contribution in [1.29, 1.82) is 0 Å². The van der Waals surface area contributed by atoms with Crippen molar-refractivity contribution in [2.75, 3.05) is 14.2 Å². The third-order valence-corrected chi connectivity index (χ3v) is 6.57. The summed E-state index contributed by atoms with van der Waals surface area (Å²) in [5.41, 5.74) is 1.41. The molecule has 0 aromatic heterocycles. The maximum Gasteiger partial charge on any atom is 0.202 e. The molecule has 0 bridgehead atoms. The first kappa shape index (κ1) is 17.4.